The van der Waals surface area contributed by atoms with Gasteiger partial charge in [0.05, 0.1) is 0 Å². The zero-order valence-electron chi connectivity index (χ0n) is 10.8. The van der Waals surface area contributed by atoms with Crippen LogP contribution in [0, 0.1) is 6.92 Å². The van der Waals surface area contributed by atoms with E-state index in [2.05, 4.69) is 22.8 Å². The molecule has 3 nitrogen and oxygen atoms in total. The first-order chi connectivity index (χ1) is 8.63. The van der Waals surface area contributed by atoms with Crippen molar-refractivity contribution in [3.8, 4) is 0 Å². The number of hydrogen-bond acceptors (Lipinski definition) is 3. The summed E-state index contributed by atoms with van der Waals surface area (Å²) in [5.41, 5.74) is 9.12. The lowest BCUT2D eigenvalue weighted by atomic mass is 10.1. The zero-order chi connectivity index (χ0) is 12.7. The van der Waals surface area contributed by atoms with Gasteiger partial charge in [-0.2, -0.15) is 0 Å². The highest BCUT2D eigenvalue weighted by Gasteiger charge is 2.32. The fraction of sp³-hybridized carbons (Fsp3) is 0.571. The minimum Gasteiger partial charge on any atom is -0.399 e. The van der Waals surface area contributed by atoms with E-state index in [1.54, 1.807) is 0 Å². The molecule has 4 heteroatoms. The van der Waals surface area contributed by atoms with Crippen LogP contribution in [0.4, 0.5) is 5.69 Å². The van der Waals surface area contributed by atoms with Crippen LogP contribution in [-0.2, 0) is 6.54 Å². The number of benzene rings is 1. The molecule has 0 aromatic heterocycles. The van der Waals surface area contributed by atoms with E-state index in [1.807, 2.05) is 6.07 Å². The summed E-state index contributed by atoms with van der Waals surface area (Å²) in [6, 6.07) is 4.63. The van der Waals surface area contributed by atoms with E-state index in [1.165, 1.54) is 37.2 Å². The first-order valence-electron chi connectivity index (χ1n) is 6.64. The lowest BCUT2D eigenvalue weighted by Crippen LogP contribution is -2.46. The van der Waals surface area contributed by atoms with Gasteiger partial charge in [-0.1, -0.05) is 11.6 Å². The van der Waals surface area contributed by atoms with Crippen molar-refractivity contribution in [1.29, 1.82) is 0 Å². The van der Waals surface area contributed by atoms with Crippen LogP contribution in [0.15, 0.2) is 12.1 Å². The monoisotopic (exact) mass is 265 g/mol. The van der Waals surface area contributed by atoms with Gasteiger partial charge in [0.15, 0.2) is 0 Å². The van der Waals surface area contributed by atoms with Gasteiger partial charge in [0.25, 0.3) is 0 Å². The number of rotatable bonds is 2. The number of piperazine rings is 1. The average Bonchev–Trinajstić information content (AvgIpc) is 2.72. The molecule has 2 bridgehead atoms. The molecule has 2 heterocycles. The number of hydrogen-bond donors (Lipinski definition) is 1. The van der Waals surface area contributed by atoms with Crippen LogP contribution in [0.25, 0.3) is 0 Å². The second-order valence-corrected chi connectivity index (χ2v) is 5.91. The summed E-state index contributed by atoms with van der Waals surface area (Å²) in [6.45, 7) is 7.92. The summed E-state index contributed by atoms with van der Waals surface area (Å²) in [7, 11) is 0. The molecule has 2 saturated heterocycles. The molecule has 98 valence electrons. The Kier molecular flexibility index (Phi) is 3.22. The number of nitrogens with zero attached hydrogens (tertiary/aromatic N) is 2. The smallest absolute Gasteiger partial charge is 0.0458 e. The molecule has 0 spiro atoms. The Morgan fingerprint density at radius 1 is 1.33 bits per heavy atom. The van der Waals surface area contributed by atoms with E-state index in [0.29, 0.717) is 0 Å². The molecule has 2 aliphatic rings. The van der Waals surface area contributed by atoms with Crippen LogP contribution in [0.5, 0.6) is 0 Å². The highest BCUT2D eigenvalue weighted by Crippen LogP contribution is 2.27. The summed E-state index contributed by atoms with van der Waals surface area (Å²) in [4.78, 5) is 5.14. The Labute approximate surface area is 114 Å². The predicted molar refractivity (Wildman–Crippen MR) is 75.9 cm³/mol. The molecule has 0 saturated carbocycles. The predicted octanol–water partition coefficient (Wildman–Crippen LogP) is 2.12. The fourth-order valence-electron chi connectivity index (χ4n) is 3.12. The molecule has 2 N–H and O–H groups in total. The summed E-state index contributed by atoms with van der Waals surface area (Å²) in [5.74, 6) is 0. The van der Waals surface area contributed by atoms with Gasteiger partial charge in [-0.05, 0) is 43.1 Å². The Morgan fingerprint density at radius 3 is 3.00 bits per heavy atom. The summed E-state index contributed by atoms with van der Waals surface area (Å²) >= 11 is 6.21. The molecule has 2 aliphatic heterocycles. The largest absolute Gasteiger partial charge is 0.399 e. The van der Waals surface area contributed by atoms with Crippen LogP contribution >= 0.6 is 11.6 Å². The van der Waals surface area contributed by atoms with Gasteiger partial charge in [0, 0.05) is 42.9 Å². The lowest BCUT2D eigenvalue weighted by molar-refractivity contribution is 0.128. The van der Waals surface area contributed by atoms with Gasteiger partial charge in [-0.15, -0.1) is 0 Å². The number of halogens is 1. The van der Waals surface area contributed by atoms with E-state index in [0.717, 1.165) is 29.8 Å². The third kappa shape index (κ3) is 2.22. The quantitative estimate of drug-likeness (QED) is 0.832. The van der Waals surface area contributed by atoms with Crippen LogP contribution in [-0.4, -0.2) is 42.0 Å². The molecular weight excluding hydrogens is 246 g/mol. The minimum absolute atomic E-state index is 0.721. The van der Waals surface area contributed by atoms with Crippen LogP contribution < -0.4 is 5.73 Å². The molecule has 0 aliphatic carbocycles. The Hall–Kier alpha value is -0.770. The second kappa shape index (κ2) is 4.72. The Balaban J connectivity index is 1.80. The van der Waals surface area contributed by atoms with Gasteiger partial charge in [-0.25, -0.2) is 0 Å². The number of nitrogens with two attached hydrogens (primary N) is 1. The number of anilines is 1. The van der Waals surface area contributed by atoms with Gasteiger partial charge in [0.1, 0.15) is 0 Å². The maximum atomic E-state index is 6.21. The molecule has 18 heavy (non-hydrogen) atoms. The van der Waals surface area contributed by atoms with E-state index < -0.39 is 0 Å². The van der Waals surface area contributed by atoms with Crippen molar-refractivity contribution in [2.45, 2.75) is 25.9 Å². The van der Waals surface area contributed by atoms with Crippen molar-refractivity contribution < 1.29 is 0 Å². The normalized spacial score (nSPS) is 27.7. The van der Waals surface area contributed by atoms with E-state index in [4.69, 9.17) is 17.3 Å². The van der Waals surface area contributed by atoms with Crippen molar-refractivity contribution in [3.63, 3.8) is 0 Å². The summed E-state index contributed by atoms with van der Waals surface area (Å²) in [6.07, 6.45) is 1.30. The van der Waals surface area contributed by atoms with Crippen molar-refractivity contribution in [2.75, 3.05) is 31.9 Å². The Bertz CT molecular complexity index is 461. The summed E-state index contributed by atoms with van der Waals surface area (Å²) in [5, 5.41) is 0.787. The van der Waals surface area contributed by atoms with Gasteiger partial charge < -0.3 is 10.6 Å². The van der Waals surface area contributed by atoms with Gasteiger partial charge in [0.2, 0.25) is 0 Å². The third-order valence-electron chi connectivity index (χ3n) is 4.31. The van der Waals surface area contributed by atoms with E-state index in [9.17, 15) is 0 Å². The molecule has 3 rings (SSSR count). The van der Waals surface area contributed by atoms with Crippen LogP contribution in [0.3, 0.4) is 0 Å². The first kappa shape index (κ1) is 12.3. The minimum atomic E-state index is 0.721. The summed E-state index contributed by atoms with van der Waals surface area (Å²) < 4.78 is 0. The number of fused-ring (bicyclic) bond motifs is 2. The fourth-order valence-corrected chi connectivity index (χ4v) is 3.36. The highest BCUT2D eigenvalue weighted by molar-refractivity contribution is 6.31. The van der Waals surface area contributed by atoms with Crippen LogP contribution in [0.2, 0.25) is 5.02 Å². The molecule has 0 radical (unpaired) electrons. The molecule has 1 aromatic rings. The standard InChI is InChI=1S/C14H20ClN3/c1-10-11(6-12(16)7-14(10)15)8-18-5-4-17-3-2-13(18)9-17/h6-7,13H,2-5,8-9,16H2,1H3. The zero-order valence-corrected chi connectivity index (χ0v) is 11.6. The van der Waals surface area contributed by atoms with Crippen molar-refractivity contribution in [2.24, 2.45) is 0 Å². The molecule has 2 unspecified atom stereocenters. The van der Waals surface area contributed by atoms with E-state index >= 15 is 0 Å². The van der Waals surface area contributed by atoms with Crippen molar-refractivity contribution in [1.82, 2.24) is 9.80 Å². The molecule has 2 atom stereocenters. The van der Waals surface area contributed by atoms with Crippen LogP contribution in [0.1, 0.15) is 17.5 Å². The van der Waals surface area contributed by atoms with Gasteiger partial charge >= 0.3 is 0 Å². The molecule has 2 fully saturated rings. The second-order valence-electron chi connectivity index (χ2n) is 5.50. The third-order valence-corrected chi connectivity index (χ3v) is 4.71. The first-order valence-corrected chi connectivity index (χ1v) is 7.02. The van der Waals surface area contributed by atoms with E-state index in [-0.39, 0.29) is 0 Å². The average molecular weight is 266 g/mol. The van der Waals surface area contributed by atoms with Crippen molar-refractivity contribution >= 4 is 17.3 Å². The maximum Gasteiger partial charge on any atom is 0.0458 e. The van der Waals surface area contributed by atoms with Gasteiger partial charge in [-0.3, -0.25) is 4.90 Å². The Morgan fingerprint density at radius 2 is 2.17 bits per heavy atom. The lowest BCUT2D eigenvalue weighted by Gasteiger charge is -2.34. The van der Waals surface area contributed by atoms with Crippen molar-refractivity contribution in [3.05, 3.63) is 28.3 Å². The molecular formula is C14H20ClN3. The topological polar surface area (TPSA) is 32.5 Å². The molecule has 0 amide bonds. The number of nitrogen functional groups attached to an aromatic ring is 1. The highest BCUT2D eigenvalue weighted by atomic mass is 35.5. The molecule has 1 aromatic carbocycles. The SMILES string of the molecule is Cc1c(Cl)cc(N)cc1CN1CCN2CCC1C2. The maximum absolute atomic E-state index is 6.21.